The summed E-state index contributed by atoms with van der Waals surface area (Å²) >= 11 is 0. The van der Waals surface area contributed by atoms with Crippen LogP contribution in [0.3, 0.4) is 0 Å². The van der Waals surface area contributed by atoms with E-state index in [1.165, 1.54) is 141 Å². The summed E-state index contributed by atoms with van der Waals surface area (Å²) in [6.07, 6.45) is 49.0. The maximum Gasteiger partial charge on any atom is 0.306 e. The summed E-state index contributed by atoms with van der Waals surface area (Å²) in [6, 6.07) is 0. The molecule has 0 aromatic rings. The third-order valence-electron chi connectivity index (χ3n) is 10.5. The van der Waals surface area contributed by atoms with Crippen molar-refractivity contribution in [2.45, 2.75) is 258 Å². The summed E-state index contributed by atoms with van der Waals surface area (Å²) in [6.45, 7) is 6.48. The highest BCUT2D eigenvalue weighted by atomic mass is 16.6. The van der Waals surface area contributed by atoms with Gasteiger partial charge >= 0.3 is 17.9 Å². The van der Waals surface area contributed by atoms with E-state index >= 15 is 0 Å². The van der Waals surface area contributed by atoms with Crippen LogP contribution in [0.25, 0.3) is 0 Å². The van der Waals surface area contributed by atoms with Crippen LogP contribution in [-0.2, 0) is 28.6 Å². The lowest BCUT2D eigenvalue weighted by Gasteiger charge is -2.18. The topological polar surface area (TPSA) is 78.9 Å². The molecule has 0 aliphatic rings. The molecule has 1 atom stereocenters. The summed E-state index contributed by atoms with van der Waals surface area (Å²) in [5, 5.41) is 0. The standard InChI is InChI=1S/C49H90O6/c1-4-7-10-13-16-19-20-21-22-23-24-25-26-27-28-31-33-36-39-42-48(51)54-45-46(55-49(52)43-40-37-34-30-18-15-12-9-6-3)44-53-47(50)41-38-35-32-29-17-14-11-8-5-2/h9,12,18,30,46H,4-8,10-11,13-17,19-29,31-45H2,1-3H3/b12-9-,30-18-. The molecule has 0 saturated carbocycles. The zero-order chi connectivity index (χ0) is 40.1. The van der Waals surface area contributed by atoms with Gasteiger partial charge in [0.2, 0.25) is 0 Å². The molecule has 0 N–H and O–H groups in total. The average molecular weight is 775 g/mol. The minimum absolute atomic E-state index is 0.0803. The van der Waals surface area contributed by atoms with E-state index in [9.17, 15) is 14.4 Å². The van der Waals surface area contributed by atoms with E-state index in [-0.39, 0.29) is 31.1 Å². The Morgan fingerprint density at radius 3 is 1.09 bits per heavy atom. The summed E-state index contributed by atoms with van der Waals surface area (Å²) in [4.78, 5) is 37.6. The Bertz CT molecular complexity index is 896. The first-order chi connectivity index (χ1) is 27.0. The number of hydrogen-bond acceptors (Lipinski definition) is 6. The Morgan fingerprint density at radius 1 is 0.382 bits per heavy atom. The average Bonchev–Trinajstić information content (AvgIpc) is 3.18. The van der Waals surface area contributed by atoms with Gasteiger partial charge in [0, 0.05) is 19.3 Å². The van der Waals surface area contributed by atoms with Gasteiger partial charge in [0.05, 0.1) is 0 Å². The van der Waals surface area contributed by atoms with E-state index in [1.807, 2.05) is 0 Å². The number of unbranched alkanes of at least 4 members (excludes halogenated alkanes) is 28. The lowest BCUT2D eigenvalue weighted by molar-refractivity contribution is -0.167. The Hall–Kier alpha value is -2.11. The lowest BCUT2D eigenvalue weighted by Crippen LogP contribution is -2.30. The number of carbonyl (C=O) groups excluding carboxylic acids is 3. The van der Waals surface area contributed by atoms with Gasteiger partial charge < -0.3 is 14.2 Å². The van der Waals surface area contributed by atoms with Crippen LogP contribution < -0.4 is 0 Å². The molecule has 0 saturated heterocycles. The van der Waals surface area contributed by atoms with Crippen LogP contribution in [0.15, 0.2) is 24.3 Å². The van der Waals surface area contributed by atoms with Gasteiger partial charge in [-0.25, -0.2) is 0 Å². The van der Waals surface area contributed by atoms with Crippen LogP contribution in [0.4, 0.5) is 0 Å². The van der Waals surface area contributed by atoms with E-state index in [1.54, 1.807) is 0 Å². The Kier molecular flexibility index (Phi) is 42.9. The van der Waals surface area contributed by atoms with Crippen molar-refractivity contribution in [3.8, 4) is 0 Å². The highest BCUT2D eigenvalue weighted by Gasteiger charge is 2.19. The van der Waals surface area contributed by atoms with Crippen LogP contribution in [0.2, 0.25) is 0 Å². The fourth-order valence-electron chi connectivity index (χ4n) is 6.89. The summed E-state index contributed by atoms with van der Waals surface area (Å²) in [5.41, 5.74) is 0. The second kappa shape index (κ2) is 44.6. The van der Waals surface area contributed by atoms with Crippen molar-refractivity contribution >= 4 is 17.9 Å². The van der Waals surface area contributed by atoms with Crippen molar-refractivity contribution in [2.75, 3.05) is 13.2 Å². The Balaban J connectivity index is 4.20. The predicted octanol–water partition coefficient (Wildman–Crippen LogP) is 15.2. The van der Waals surface area contributed by atoms with Crippen molar-refractivity contribution in [2.24, 2.45) is 0 Å². The molecule has 322 valence electrons. The number of allylic oxidation sites excluding steroid dienone is 4. The first-order valence-corrected chi connectivity index (χ1v) is 23.8. The van der Waals surface area contributed by atoms with Crippen molar-refractivity contribution in [1.29, 1.82) is 0 Å². The van der Waals surface area contributed by atoms with Crippen molar-refractivity contribution in [1.82, 2.24) is 0 Å². The Morgan fingerprint density at radius 2 is 0.709 bits per heavy atom. The van der Waals surface area contributed by atoms with E-state index in [0.29, 0.717) is 19.3 Å². The SMILES string of the molecule is CC/C=C\C/C=C\CCCCC(=O)OC(COC(=O)CCCCCCCCCCC)COC(=O)CCCCCCCCCCCCCCCCCCCCC. The van der Waals surface area contributed by atoms with Crippen molar-refractivity contribution in [3.05, 3.63) is 24.3 Å². The second-order valence-corrected chi connectivity index (χ2v) is 16.0. The van der Waals surface area contributed by atoms with Crippen LogP contribution in [0.5, 0.6) is 0 Å². The van der Waals surface area contributed by atoms with Crippen LogP contribution in [-0.4, -0.2) is 37.2 Å². The molecule has 0 aliphatic carbocycles. The zero-order valence-corrected chi connectivity index (χ0v) is 36.7. The summed E-state index contributed by atoms with van der Waals surface area (Å²) < 4.78 is 16.6. The molecule has 0 aromatic carbocycles. The first-order valence-electron chi connectivity index (χ1n) is 23.8. The largest absolute Gasteiger partial charge is 0.462 e. The molecule has 0 rings (SSSR count). The van der Waals surface area contributed by atoms with Gasteiger partial charge in [-0.05, 0) is 44.9 Å². The molecule has 0 spiro atoms. The fourth-order valence-corrected chi connectivity index (χ4v) is 6.89. The molecule has 6 heteroatoms. The lowest BCUT2D eigenvalue weighted by atomic mass is 10.0. The quantitative estimate of drug-likeness (QED) is 0.0266. The van der Waals surface area contributed by atoms with E-state index in [2.05, 4.69) is 45.1 Å². The number of rotatable bonds is 43. The molecule has 0 heterocycles. The first kappa shape index (κ1) is 52.9. The normalized spacial score (nSPS) is 12.1. The maximum atomic E-state index is 12.6. The minimum Gasteiger partial charge on any atom is -0.462 e. The van der Waals surface area contributed by atoms with Gasteiger partial charge in [0.25, 0.3) is 0 Å². The van der Waals surface area contributed by atoms with Crippen LogP contribution >= 0.6 is 0 Å². The molecule has 1 unspecified atom stereocenters. The highest BCUT2D eigenvalue weighted by Crippen LogP contribution is 2.16. The van der Waals surface area contributed by atoms with Gasteiger partial charge in [-0.2, -0.15) is 0 Å². The third-order valence-corrected chi connectivity index (χ3v) is 10.5. The molecular weight excluding hydrogens is 685 g/mol. The highest BCUT2D eigenvalue weighted by molar-refractivity contribution is 5.71. The minimum atomic E-state index is -0.779. The van der Waals surface area contributed by atoms with Gasteiger partial charge in [-0.1, -0.05) is 212 Å². The van der Waals surface area contributed by atoms with Crippen molar-refractivity contribution in [3.63, 3.8) is 0 Å². The molecule has 0 fully saturated rings. The summed E-state index contributed by atoms with van der Waals surface area (Å²) in [5.74, 6) is -0.913. The molecule has 6 nitrogen and oxygen atoms in total. The molecule has 0 aliphatic heterocycles. The molecule has 0 amide bonds. The molecular formula is C49H90O6. The van der Waals surface area contributed by atoms with E-state index in [4.69, 9.17) is 14.2 Å². The van der Waals surface area contributed by atoms with E-state index < -0.39 is 6.10 Å². The number of ether oxygens (including phenoxy) is 3. The molecule has 0 radical (unpaired) electrons. The van der Waals surface area contributed by atoms with Gasteiger partial charge in [-0.3, -0.25) is 14.4 Å². The number of esters is 3. The van der Waals surface area contributed by atoms with Gasteiger partial charge in [0.1, 0.15) is 13.2 Å². The predicted molar refractivity (Wildman–Crippen MR) is 233 cm³/mol. The van der Waals surface area contributed by atoms with E-state index in [0.717, 1.165) is 70.6 Å². The Labute approximate surface area is 341 Å². The molecule has 0 bridgehead atoms. The fraction of sp³-hybridized carbons (Fsp3) is 0.857. The number of hydrogen-bond donors (Lipinski definition) is 0. The number of carbonyl (C=O) groups is 3. The van der Waals surface area contributed by atoms with Gasteiger partial charge in [-0.15, -0.1) is 0 Å². The van der Waals surface area contributed by atoms with Crippen LogP contribution in [0.1, 0.15) is 252 Å². The molecule has 0 aromatic heterocycles. The van der Waals surface area contributed by atoms with Gasteiger partial charge in [0.15, 0.2) is 6.10 Å². The smallest absolute Gasteiger partial charge is 0.306 e. The second-order valence-electron chi connectivity index (χ2n) is 16.0. The van der Waals surface area contributed by atoms with Crippen molar-refractivity contribution < 1.29 is 28.6 Å². The van der Waals surface area contributed by atoms with Crippen LogP contribution in [0, 0.1) is 0 Å². The maximum absolute atomic E-state index is 12.6. The zero-order valence-electron chi connectivity index (χ0n) is 36.7. The summed E-state index contributed by atoms with van der Waals surface area (Å²) in [7, 11) is 0. The molecule has 55 heavy (non-hydrogen) atoms. The third kappa shape index (κ3) is 42.9. The monoisotopic (exact) mass is 775 g/mol.